The van der Waals surface area contributed by atoms with Gasteiger partial charge in [-0.15, -0.1) is 11.3 Å². The number of thiazole rings is 1. The van der Waals surface area contributed by atoms with E-state index in [-0.39, 0.29) is 60.9 Å². The van der Waals surface area contributed by atoms with Gasteiger partial charge >= 0.3 is 6.29 Å². The lowest BCUT2D eigenvalue weighted by Gasteiger charge is -2.34. The standard InChI is InChI=1S/C74H66N20O7S3/c1-89-19-23-91(24-20-89)51-11-9-45-29-43(5-7-47(45)33-51)31-49(39-75)68(95)79-13-3-17-93-66-61(63(77)83-41-84-66)85-73(93)103-59-38-58-57(35-53(59)70-81-15-27-97-70)100-72(101-58)65-87-64(78)62-67(88-65)94(74(86-62)104-60-37-56-55(98-42-99-56)36-54(60)71-82-16-28-102-71)18-4-14-80-69(96)50(40-76)32-44-6-8-48-34-52(12-10-46(48)30-44)92-25-21-90(2)22-26-92/h5-12,15-16,27-38,41,72H,3-4,13-14,17-26,42H2,1-2H3,(H,79,95)(H,80,96)(H2,77,83,84)(H2,78,87,88)/b49-31+,50-32+. The molecule has 2 amide bonds. The van der Waals surface area contributed by atoms with Crippen molar-refractivity contribution in [3.63, 3.8) is 0 Å². The van der Waals surface area contributed by atoms with Crippen LogP contribution in [0.4, 0.5) is 23.0 Å². The minimum atomic E-state index is -1.21. The molecule has 0 radical (unpaired) electrons. The number of nitrogens with zero attached hydrogens (tertiary/aromatic N) is 16. The Balaban J connectivity index is 0.639. The van der Waals surface area contributed by atoms with Gasteiger partial charge in [0.05, 0.1) is 11.8 Å². The van der Waals surface area contributed by atoms with Crippen LogP contribution in [0.3, 0.4) is 0 Å². The summed E-state index contributed by atoms with van der Waals surface area (Å²) in [5, 5.41) is 34.2. The summed E-state index contributed by atoms with van der Waals surface area (Å²) >= 11 is 4.10. The van der Waals surface area contributed by atoms with Crippen LogP contribution >= 0.6 is 34.9 Å². The molecule has 6 aromatic heterocycles. The van der Waals surface area contributed by atoms with Gasteiger partial charge in [-0.2, -0.15) is 10.5 Å². The largest absolute Gasteiger partial charge is 0.454 e. The number of hydrogen-bond acceptors (Lipinski definition) is 26. The molecule has 2 fully saturated rings. The molecule has 1 unspecified atom stereocenters. The smallest absolute Gasteiger partial charge is 0.302 e. The van der Waals surface area contributed by atoms with Gasteiger partial charge in [-0.25, -0.2) is 39.9 Å². The predicted molar refractivity (Wildman–Crippen MR) is 397 cm³/mol. The fraction of sp³-hybridized carbons (Fsp3) is 0.243. The lowest BCUT2D eigenvalue weighted by atomic mass is 10.0. The molecule has 1 atom stereocenters. The summed E-state index contributed by atoms with van der Waals surface area (Å²) in [6.45, 7) is 8.92. The molecule has 522 valence electrons. The van der Waals surface area contributed by atoms with Crippen LogP contribution in [-0.4, -0.2) is 157 Å². The SMILES string of the molecule is CN1CCN(c2ccc3cc(/C=C(\C#N)C(=O)NCCCn4c(Sc5cc6c(cc5-c5ncco5)OC(c5nc(N)c7nc(Sc8cc9c(cc8-c8nccs8)OCO9)n(CCCNC(=O)/C(C#N)=C/c8ccc9cc(N%10CCN(C)CC%10)ccc9c8)c7n5)O6)nc5c(N)ncnc54)ccc3c2)CC1. The van der Waals surface area contributed by atoms with Gasteiger partial charge in [-0.3, -0.25) is 9.59 Å². The Labute approximate surface area is 607 Å². The molecule has 104 heavy (non-hydrogen) atoms. The number of nitrogen functional groups attached to an aromatic ring is 2. The highest BCUT2D eigenvalue weighted by Crippen LogP contribution is 2.49. The number of piperazine rings is 2. The van der Waals surface area contributed by atoms with Gasteiger partial charge in [0.2, 0.25) is 18.5 Å². The van der Waals surface area contributed by atoms with Gasteiger partial charge in [0.15, 0.2) is 67.3 Å². The number of ether oxygens (including phenoxy) is 4. The molecule has 27 nitrogen and oxygen atoms in total. The molecule has 16 rings (SSSR count). The molecular formula is C74H66N20O7S3. The van der Waals surface area contributed by atoms with Gasteiger partial charge in [-0.05, 0) is 132 Å². The number of nitriles is 2. The predicted octanol–water partition coefficient (Wildman–Crippen LogP) is 10.4. The summed E-state index contributed by atoms with van der Waals surface area (Å²) in [5.74, 6) is 1.39. The second-order valence-electron chi connectivity index (χ2n) is 25.3. The highest BCUT2D eigenvalue weighted by atomic mass is 32.2. The average Bonchev–Trinajstić information content (AvgIpc) is 1.60. The monoisotopic (exact) mass is 1440 g/mol. The third-order valence-electron chi connectivity index (χ3n) is 18.5. The molecule has 0 spiro atoms. The van der Waals surface area contributed by atoms with E-state index in [0.717, 1.165) is 100 Å². The summed E-state index contributed by atoms with van der Waals surface area (Å²) in [7, 11) is 4.28. The first kappa shape index (κ1) is 66.7. The Kier molecular flexibility index (Phi) is 18.6. The average molecular weight is 1440 g/mol. The van der Waals surface area contributed by atoms with Gasteiger partial charge in [-0.1, -0.05) is 59.9 Å². The molecule has 6 N–H and O–H groups in total. The maximum atomic E-state index is 13.8. The number of benzene rings is 6. The van der Waals surface area contributed by atoms with Crippen LogP contribution in [-0.2, 0) is 22.7 Å². The van der Waals surface area contributed by atoms with Gasteiger partial charge < -0.3 is 74.2 Å². The van der Waals surface area contributed by atoms with Crippen LogP contribution in [0.1, 0.15) is 36.1 Å². The van der Waals surface area contributed by atoms with E-state index in [1.54, 1.807) is 30.5 Å². The number of aromatic nitrogens is 10. The van der Waals surface area contributed by atoms with Crippen LogP contribution in [0.2, 0.25) is 0 Å². The second kappa shape index (κ2) is 28.9. The molecule has 6 aromatic carbocycles. The quantitative estimate of drug-likeness (QED) is 0.0295. The van der Waals surface area contributed by atoms with Gasteiger partial charge in [0.1, 0.15) is 40.9 Å². The van der Waals surface area contributed by atoms with E-state index in [9.17, 15) is 20.1 Å². The highest BCUT2D eigenvalue weighted by Gasteiger charge is 2.34. The summed E-state index contributed by atoms with van der Waals surface area (Å²) in [5.41, 5.74) is 19.9. The zero-order valence-electron chi connectivity index (χ0n) is 56.4. The first-order valence-corrected chi connectivity index (χ1v) is 36.2. The number of fused-ring (bicyclic) bond motifs is 6. The third kappa shape index (κ3) is 13.8. The molecular weight excluding hydrogens is 1380 g/mol. The lowest BCUT2D eigenvalue weighted by molar-refractivity contribution is -0.117. The topological polar surface area (TPSA) is 334 Å². The number of anilines is 4. The van der Waals surface area contributed by atoms with Crippen molar-refractivity contribution in [2.75, 3.05) is 108 Å². The summed E-state index contributed by atoms with van der Waals surface area (Å²) in [6.07, 6.45) is 8.89. The molecule has 0 bridgehead atoms. The van der Waals surface area contributed by atoms with Crippen LogP contribution in [0, 0.1) is 22.7 Å². The maximum Gasteiger partial charge on any atom is 0.302 e. The number of likely N-dealkylation sites (N-methyl/N-ethyl adjacent to an activating group) is 2. The van der Waals surface area contributed by atoms with Gasteiger partial charge in [0, 0.05) is 117 Å². The highest BCUT2D eigenvalue weighted by molar-refractivity contribution is 7.99. The third-order valence-corrected chi connectivity index (χ3v) is 21.4. The number of nitrogens with two attached hydrogens (primary N) is 2. The minimum absolute atomic E-state index is 0.0256. The molecule has 0 aliphatic carbocycles. The fourth-order valence-corrected chi connectivity index (χ4v) is 15.8. The van der Waals surface area contributed by atoms with Crippen LogP contribution in [0.15, 0.2) is 163 Å². The molecule has 12 aromatic rings. The Hall–Kier alpha value is -11.8. The van der Waals surface area contributed by atoms with E-state index in [1.807, 2.05) is 63.0 Å². The minimum Gasteiger partial charge on any atom is -0.454 e. The first-order chi connectivity index (χ1) is 50.8. The molecule has 4 aliphatic rings. The van der Waals surface area contributed by atoms with Crippen LogP contribution < -0.4 is 50.8 Å². The number of carbonyl (C=O) groups excluding carboxylic acids is 2. The van der Waals surface area contributed by atoms with Gasteiger partial charge in [0.25, 0.3) is 11.8 Å². The Bertz CT molecular complexity index is 5480. The normalized spacial score (nSPS) is 15.5. The van der Waals surface area contributed by atoms with Crippen molar-refractivity contribution in [3.05, 3.63) is 156 Å². The summed E-state index contributed by atoms with van der Waals surface area (Å²) in [6, 6.07) is 36.2. The van der Waals surface area contributed by atoms with Crippen molar-refractivity contribution in [2.45, 2.75) is 52.3 Å². The van der Waals surface area contributed by atoms with E-state index >= 15 is 0 Å². The lowest BCUT2D eigenvalue weighted by Crippen LogP contribution is -2.44. The van der Waals surface area contributed by atoms with Crippen molar-refractivity contribution in [3.8, 4) is 57.2 Å². The molecule has 2 saturated heterocycles. The molecule has 0 saturated carbocycles. The number of rotatable bonds is 21. The zero-order chi connectivity index (χ0) is 71.0. The number of oxazole rings is 1. The van der Waals surface area contributed by atoms with E-state index < -0.39 is 18.1 Å². The van der Waals surface area contributed by atoms with Crippen molar-refractivity contribution in [1.82, 2.24) is 69.4 Å². The number of aryl methyl sites for hydroxylation is 2. The van der Waals surface area contributed by atoms with Crippen molar-refractivity contribution < 1.29 is 33.0 Å². The zero-order valence-corrected chi connectivity index (χ0v) is 58.8. The van der Waals surface area contributed by atoms with E-state index in [1.165, 1.54) is 65.0 Å². The summed E-state index contributed by atoms with van der Waals surface area (Å²) in [4.78, 5) is 76.1. The number of nitrogens with one attached hydrogen (secondary N) is 2. The van der Waals surface area contributed by atoms with E-state index in [4.69, 9.17) is 54.8 Å². The Morgan fingerprint density at radius 3 is 1.71 bits per heavy atom. The molecule has 4 aliphatic heterocycles. The fourth-order valence-electron chi connectivity index (χ4n) is 12.9. The number of hydrogen-bond donors (Lipinski definition) is 4. The Morgan fingerprint density at radius 2 is 1.13 bits per heavy atom. The van der Waals surface area contributed by atoms with E-state index in [2.05, 4.69) is 113 Å². The molecule has 10 heterocycles. The first-order valence-electron chi connectivity index (χ1n) is 33.7. The van der Waals surface area contributed by atoms with Crippen molar-refractivity contribution in [2.24, 2.45) is 0 Å². The summed E-state index contributed by atoms with van der Waals surface area (Å²) < 4.78 is 34.5. The molecule has 30 heteroatoms. The number of imidazole rings is 2. The van der Waals surface area contributed by atoms with E-state index in [0.29, 0.717) is 85.5 Å². The maximum absolute atomic E-state index is 13.8. The number of amides is 2. The van der Waals surface area contributed by atoms with Crippen molar-refractivity contribution >= 4 is 126 Å². The van der Waals surface area contributed by atoms with Crippen molar-refractivity contribution in [1.29, 1.82) is 10.5 Å². The number of carbonyl (C=O) groups is 2. The Morgan fingerprint density at radius 1 is 0.596 bits per heavy atom. The van der Waals surface area contributed by atoms with Crippen LogP contribution in [0.5, 0.6) is 23.0 Å². The van der Waals surface area contributed by atoms with Crippen LogP contribution in [0.25, 0.3) is 78.0 Å². The second-order valence-corrected chi connectivity index (χ2v) is 28.2.